The molecule has 0 radical (unpaired) electrons. The van der Waals surface area contributed by atoms with Crippen LogP contribution in [0.2, 0.25) is 0 Å². The zero-order valence-corrected chi connectivity index (χ0v) is 16.0. The molecule has 1 aliphatic rings. The maximum absolute atomic E-state index is 13.0. The second-order valence-electron chi connectivity index (χ2n) is 7.15. The number of likely N-dealkylation sites (tertiary alicyclic amines) is 1. The number of hydrogen-bond acceptors (Lipinski definition) is 4. The minimum absolute atomic E-state index is 0.00744. The molecule has 1 aromatic heterocycles. The number of amides is 1. The number of nitrogens with zero attached hydrogens (tertiary/aromatic N) is 1. The van der Waals surface area contributed by atoms with Gasteiger partial charge in [-0.3, -0.25) is 0 Å². The van der Waals surface area contributed by atoms with Crippen LogP contribution in [0.3, 0.4) is 0 Å². The molecule has 1 amide bonds. The Morgan fingerprint density at radius 3 is 2.69 bits per heavy atom. The molecule has 1 aliphatic heterocycles. The lowest BCUT2D eigenvalue weighted by molar-refractivity contribution is -0.137. The average Bonchev–Trinajstić information content (AvgIpc) is 3.07. The molecule has 0 aliphatic carbocycles. The van der Waals surface area contributed by atoms with Gasteiger partial charge in [-0.05, 0) is 49.6 Å². The van der Waals surface area contributed by atoms with Crippen LogP contribution < -0.4 is 4.74 Å². The van der Waals surface area contributed by atoms with Gasteiger partial charge < -0.3 is 24.3 Å². The Balaban J connectivity index is 1.90. The largest absolute Gasteiger partial charge is 0.496 e. The van der Waals surface area contributed by atoms with Crippen molar-refractivity contribution in [2.75, 3.05) is 20.2 Å². The van der Waals surface area contributed by atoms with E-state index in [1.165, 1.54) is 18.1 Å². The van der Waals surface area contributed by atoms with Crippen molar-refractivity contribution in [2.24, 2.45) is 5.92 Å². The summed E-state index contributed by atoms with van der Waals surface area (Å²) < 4.78 is 49.8. The number of halogens is 3. The first kappa shape index (κ1) is 21.0. The molecule has 0 saturated carbocycles. The predicted octanol–water partition coefficient (Wildman–Crippen LogP) is 4.71. The van der Waals surface area contributed by atoms with Gasteiger partial charge in [-0.2, -0.15) is 13.2 Å². The normalized spacial score (nSPS) is 18.6. The fourth-order valence-electron chi connectivity index (χ4n) is 3.65. The Bertz CT molecular complexity index is 893. The summed E-state index contributed by atoms with van der Waals surface area (Å²) in [6, 6.07) is 4.74. The third kappa shape index (κ3) is 4.34. The maximum Gasteiger partial charge on any atom is 0.416 e. The minimum atomic E-state index is -4.50. The summed E-state index contributed by atoms with van der Waals surface area (Å²) in [5.41, 5.74) is 0.133. The van der Waals surface area contributed by atoms with Gasteiger partial charge in [0.25, 0.3) is 0 Å². The molecule has 2 atom stereocenters. The molecule has 0 bridgehead atoms. The fourth-order valence-corrected chi connectivity index (χ4v) is 3.65. The molecule has 158 valence electrons. The van der Waals surface area contributed by atoms with Gasteiger partial charge in [0, 0.05) is 19.0 Å². The van der Waals surface area contributed by atoms with Crippen LogP contribution in [0.25, 0.3) is 11.3 Å². The molecule has 0 unspecified atom stereocenters. The maximum atomic E-state index is 13.0. The number of rotatable bonds is 4. The van der Waals surface area contributed by atoms with Gasteiger partial charge in [0.2, 0.25) is 0 Å². The molecule has 1 fully saturated rings. The van der Waals surface area contributed by atoms with Gasteiger partial charge in [-0.1, -0.05) is 0 Å². The number of hydrogen-bond donors (Lipinski definition) is 2. The number of alkyl halides is 3. The number of ether oxygens (including phenoxy) is 1. The van der Waals surface area contributed by atoms with E-state index >= 15 is 0 Å². The van der Waals surface area contributed by atoms with Crippen LogP contribution in [0.15, 0.2) is 28.7 Å². The minimum Gasteiger partial charge on any atom is -0.496 e. The van der Waals surface area contributed by atoms with Gasteiger partial charge in [0.05, 0.1) is 18.2 Å². The van der Waals surface area contributed by atoms with Crippen LogP contribution >= 0.6 is 0 Å². The highest BCUT2D eigenvalue weighted by Crippen LogP contribution is 2.41. The summed E-state index contributed by atoms with van der Waals surface area (Å²) in [4.78, 5) is 12.5. The monoisotopic (exact) mass is 413 g/mol. The molecule has 1 aromatic carbocycles. The van der Waals surface area contributed by atoms with Gasteiger partial charge in [-0.25, -0.2) is 4.79 Å². The van der Waals surface area contributed by atoms with E-state index in [1.54, 1.807) is 13.0 Å². The molecule has 0 spiro atoms. The summed E-state index contributed by atoms with van der Waals surface area (Å²) in [5, 5.41) is 19.9. The molecular formula is C20H22F3NO5. The number of methoxy groups -OCH3 is 1. The number of carboxylic acid groups (broad SMARTS) is 1. The lowest BCUT2D eigenvalue weighted by Crippen LogP contribution is -2.40. The Kier molecular flexibility index (Phi) is 5.79. The molecule has 1 saturated heterocycles. The summed E-state index contributed by atoms with van der Waals surface area (Å²) >= 11 is 0. The van der Waals surface area contributed by atoms with E-state index in [-0.39, 0.29) is 24.0 Å². The summed E-state index contributed by atoms with van der Waals surface area (Å²) in [6.45, 7) is 2.33. The molecule has 9 heteroatoms. The third-order valence-electron chi connectivity index (χ3n) is 5.18. The Morgan fingerprint density at radius 1 is 1.34 bits per heavy atom. The Labute approximate surface area is 165 Å². The van der Waals surface area contributed by atoms with Crippen LogP contribution in [0.5, 0.6) is 5.75 Å². The Hall–Kier alpha value is -2.68. The number of piperidine rings is 1. The highest BCUT2D eigenvalue weighted by Gasteiger charge is 2.33. The smallest absolute Gasteiger partial charge is 0.416 e. The fraction of sp³-hybridized carbons (Fsp3) is 0.450. The SMILES string of the molecule is COc1cc(C(F)(F)F)ccc1-c1oc([C@H](O)[C@@H]2CCCN(C(=O)O)C2)cc1C. The van der Waals surface area contributed by atoms with Crippen molar-refractivity contribution >= 4 is 6.09 Å². The van der Waals surface area contributed by atoms with E-state index in [0.29, 0.717) is 36.3 Å². The van der Waals surface area contributed by atoms with Crippen molar-refractivity contribution in [3.8, 4) is 17.1 Å². The number of carbonyl (C=O) groups is 1. The van der Waals surface area contributed by atoms with E-state index in [9.17, 15) is 23.1 Å². The summed E-state index contributed by atoms with van der Waals surface area (Å²) in [6.07, 6.45) is -5.28. The standard InChI is InChI=1S/C20H22F3NO5/c1-11-8-16(17(25)12-4-3-7-24(10-12)19(26)27)29-18(11)14-6-5-13(20(21,22)23)9-15(14)28-2/h5-6,8-9,12,17,25H,3-4,7,10H2,1-2H3,(H,26,27)/t12-,17-/m1/s1. The molecule has 29 heavy (non-hydrogen) atoms. The number of aryl methyl sites for hydroxylation is 1. The van der Waals surface area contributed by atoms with Crippen molar-refractivity contribution in [2.45, 2.75) is 32.0 Å². The highest BCUT2D eigenvalue weighted by atomic mass is 19.4. The summed E-state index contributed by atoms with van der Waals surface area (Å²) in [7, 11) is 1.27. The first-order valence-corrected chi connectivity index (χ1v) is 9.13. The lowest BCUT2D eigenvalue weighted by Gasteiger charge is -2.32. The van der Waals surface area contributed by atoms with E-state index in [0.717, 1.165) is 12.1 Å². The van der Waals surface area contributed by atoms with Crippen molar-refractivity contribution in [1.82, 2.24) is 4.90 Å². The zero-order chi connectivity index (χ0) is 21.3. The second-order valence-corrected chi connectivity index (χ2v) is 7.15. The number of benzene rings is 1. The quantitative estimate of drug-likeness (QED) is 0.759. The van der Waals surface area contributed by atoms with Crippen LogP contribution in [0.1, 0.15) is 35.8 Å². The topological polar surface area (TPSA) is 83.1 Å². The predicted molar refractivity (Wildman–Crippen MR) is 97.7 cm³/mol. The van der Waals surface area contributed by atoms with Gasteiger partial charge >= 0.3 is 12.3 Å². The van der Waals surface area contributed by atoms with Gasteiger partial charge in [0.15, 0.2) is 0 Å². The van der Waals surface area contributed by atoms with Crippen LogP contribution in [-0.4, -0.2) is 41.4 Å². The van der Waals surface area contributed by atoms with Crippen LogP contribution in [0, 0.1) is 12.8 Å². The molecule has 2 aromatic rings. The van der Waals surface area contributed by atoms with E-state index in [4.69, 9.17) is 14.3 Å². The molecule has 2 N–H and O–H groups in total. The van der Waals surface area contributed by atoms with Gasteiger partial charge in [-0.15, -0.1) is 0 Å². The zero-order valence-electron chi connectivity index (χ0n) is 16.0. The number of furan rings is 1. The molecule has 6 nitrogen and oxygen atoms in total. The third-order valence-corrected chi connectivity index (χ3v) is 5.18. The van der Waals surface area contributed by atoms with Crippen LogP contribution in [0.4, 0.5) is 18.0 Å². The van der Waals surface area contributed by atoms with E-state index in [2.05, 4.69) is 0 Å². The molecular weight excluding hydrogens is 391 g/mol. The first-order valence-electron chi connectivity index (χ1n) is 9.13. The Morgan fingerprint density at radius 2 is 2.07 bits per heavy atom. The van der Waals surface area contributed by atoms with Crippen LogP contribution in [-0.2, 0) is 6.18 Å². The van der Waals surface area contributed by atoms with Gasteiger partial charge in [0.1, 0.15) is 23.4 Å². The van der Waals surface area contributed by atoms with Crippen molar-refractivity contribution < 1.29 is 37.3 Å². The lowest BCUT2D eigenvalue weighted by atomic mass is 9.91. The average molecular weight is 413 g/mol. The van der Waals surface area contributed by atoms with Crippen molar-refractivity contribution in [1.29, 1.82) is 0 Å². The van der Waals surface area contributed by atoms with Crippen molar-refractivity contribution in [3.05, 3.63) is 41.2 Å². The molecule has 2 heterocycles. The first-order chi connectivity index (χ1) is 13.6. The van der Waals surface area contributed by atoms with Crippen molar-refractivity contribution in [3.63, 3.8) is 0 Å². The van der Waals surface area contributed by atoms with E-state index < -0.39 is 23.9 Å². The highest BCUT2D eigenvalue weighted by molar-refractivity contribution is 5.69. The number of aliphatic hydroxyl groups is 1. The summed E-state index contributed by atoms with van der Waals surface area (Å²) in [5.74, 6) is 0.230. The second kappa shape index (κ2) is 7.98. The van der Waals surface area contributed by atoms with E-state index in [1.807, 2.05) is 0 Å². The molecule has 3 rings (SSSR count). The number of aliphatic hydroxyl groups excluding tert-OH is 1.